The Kier molecular flexibility index (Phi) is 4.61. The highest BCUT2D eigenvalue weighted by Gasteiger charge is 2.05. The van der Waals surface area contributed by atoms with Crippen LogP contribution in [0, 0.1) is 5.92 Å². The van der Waals surface area contributed by atoms with Gasteiger partial charge in [0.1, 0.15) is 5.75 Å². The van der Waals surface area contributed by atoms with E-state index in [-0.39, 0.29) is 0 Å². The van der Waals surface area contributed by atoms with Gasteiger partial charge in [-0.15, -0.1) is 0 Å². The van der Waals surface area contributed by atoms with Crippen LogP contribution >= 0.6 is 0 Å². The summed E-state index contributed by atoms with van der Waals surface area (Å²) in [5.74, 6) is 2.08. The molecule has 0 fully saturated rings. The lowest BCUT2D eigenvalue weighted by Gasteiger charge is -2.09. The van der Waals surface area contributed by atoms with Crippen LogP contribution in [0.2, 0.25) is 0 Å². The Morgan fingerprint density at radius 3 is 2.75 bits per heavy atom. The monoisotopic (exact) mass is 270 g/mol. The van der Waals surface area contributed by atoms with Gasteiger partial charge >= 0.3 is 0 Å². The maximum Gasteiger partial charge on any atom is 0.119 e. The van der Waals surface area contributed by atoms with Crippen molar-refractivity contribution in [2.75, 3.05) is 13.7 Å². The molecule has 2 N–H and O–H groups in total. The Morgan fingerprint density at radius 1 is 1.25 bits per heavy atom. The molecule has 0 aliphatic carbocycles. The molecule has 2 aromatic carbocycles. The van der Waals surface area contributed by atoms with Crippen molar-refractivity contribution in [1.82, 2.24) is 0 Å². The quantitative estimate of drug-likeness (QED) is 0.668. The first-order valence-electron chi connectivity index (χ1n) is 6.94. The van der Waals surface area contributed by atoms with Gasteiger partial charge in [-0.3, -0.25) is 4.99 Å². The van der Waals surface area contributed by atoms with E-state index in [1.54, 1.807) is 7.11 Å². The standard InChI is InChI=1S/C17H22N2O/c1-12(2)11-19-17(18)9-14-6-4-5-13-7-8-15(20-3)10-16(13)14/h4-8,10,12H,9,11H2,1-3H3,(H2,18,19). The predicted molar refractivity (Wildman–Crippen MR) is 85.5 cm³/mol. The van der Waals surface area contributed by atoms with E-state index in [2.05, 4.69) is 49.2 Å². The largest absolute Gasteiger partial charge is 0.497 e. The third-order valence-corrected chi connectivity index (χ3v) is 3.21. The molecule has 0 saturated heterocycles. The van der Waals surface area contributed by atoms with Crippen LogP contribution in [-0.4, -0.2) is 19.5 Å². The van der Waals surface area contributed by atoms with E-state index < -0.39 is 0 Å². The lowest BCUT2D eigenvalue weighted by atomic mass is 10.0. The Hall–Kier alpha value is -2.03. The lowest BCUT2D eigenvalue weighted by molar-refractivity contribution is 0.415. The van der Waals surface area contributed by atoms with Crippen LogP contribution < -0.4 is 10.5 Å². The van der Waals surface area contributed by atoms with Crippen molar-refractivity contribution in [1.29, 1.82) is 0 Å². The highest BCUT2D eigenvalue weighted by Crippen LogP contribution is 2.24. The Labute approximate surface area is 120 Å². The van der Waals surface area contributed by atoms with Gasteiger partial charge in [-0.1, -0.05) is 38.1 Å². The SMILES string of the molecule is COc1ccc2cccc(CC(N)=NCC(C)C)c2c1. The highest BCUT2D eigenvalue weighted by molar-refractivity contribution is 5.92. The second-order valence-corrected chi connectivity index (χ2v) is 5.41. The van der Waals surface area contributed by atoms with Crippen molar-refractivity contribution >= 4 is 16.6 Å². The van der Waals surface area contributed by atoms with Crippen LogP contribution in [0.25, 0.3) is 10.8 Å². The number of hydrogen-bond acceptors (Lipinski definition) is 2. The number of methoxy groups -OCH3 is 1. The first kappa shape index (κ1) is 14.4. The zero-order chi connectivity index (χ0) is 14.5. The topological polar surface area (TPSA) is 47.6 Å². The number of nitrogens with zero attached hydrogens (tertiary/aromatic N) is 1. The number of fused-ring (bicyclic) bond motifs is 1. The minimum atomic E-state index is 0.529. The maximum absolute atomic E-state index is 6.03. The van der Waals surface area contributed by atoms with E-state index in [0.29, 0.717) is 18.2 Å². The molecule has 0 aromatic heterocycles. The molecule has 0 saturated carbocycles. The fourth-order valence-electron chi connectivity index (χ4n) is 2.15. The third-order valence-electron chi connectivity index (χ3n) is 3.21. The van der Waals surface area contributed by atoms with E-state index in [9.17, 15) is 0 Å². The molecular formula is C17H22N2O. The smallest absolute Gasteiger partial charge is 0.119 e. The predicted octanol–water partition coefficient (Wildman–Crippen LogP) is 3.40. The van der Waals surface area contributed by atoms with Gasteiger partial charge in [0.2, 0.25) is 0 Å². The van der Waals surface area contributed by atoms with Gasteiger partial charge in [-0.05, 0) is 34.4 Å². The fraction of sp³-hybridized carbons (Fsp3) is 0.353. The zero-order valence-electron chi connectivity index (χ0n) is 12.4. The average molecular weight is 270 g/mol. The molecular weight excluding hydrogens is 248 g/mol. The molecule has 0 aliphatic rings. The third kappa shape index (κ3) is 3.50. The van der Waals surface area contributed by atoms with Gasteiger partial charge in [-0.2, -0.15) is 0 Å². The maximum atomic E-state index is 6.03. The van der Waals surface area contributed by atoms with E-state index >= 15 is 0 Å². The van der Waals surface area contributed by atoms with Crippen LogP contribution in [-0.2, 0) is 6.42 Å². The first-order chi connectivity index (χ1) is 9.60. The number of aliphatic imine (C=N–C) groups is 1. The van der Waals surface area contributed by atoms with Crippen molar-refractivity contribution in [2.45, 2.75) is 20.3 Å². The number of benzene rings is 2. The van der Waals surface area contributed by atoms with Gasteiger partial charge in [-0.25, -0.2) is 0 Å². The Balaban J connectivity index is 2.31. The molecule has 0 atom stereocenters. The van der Waals surface area contributed by atoms with Crippen molar-refractivity contribution in [2.24, 2.45) is 16.6 Å². The summed E-state index contributed by atoms with van der Waals surface area (Å²) in [5.41, 5.74) is 7.22. The van der Waals surface area contributed by atoms with Crippen LogP contribution in [0.1, 0.15) is 19.4 Å². The molecule has 0 bridgehead atoms. The van der Waals surface area contributed by atoms with Crippen molar-refractivity contribution in [3.63, 3.8) is 0 Å². The molecule has 0 radical (unpaired) electrons. The molecule has 106 valence electrons. The first-order valence-corrected chi connectivity index (χ1v) is 6.94. The molecule has 2 rings (SSSR count). The summed E-state index contributed by atoms with van der Waals surface area (Å²) in [7, 11) is 1.68. The minimum absolute atomic E-state index is 0.529. The second-order valence-electron chi connectivity index (χ2n) is 5.41. The van der Waals surface area contributed by atoms with Crippen LogP contribution in [0.3, 0.4) is 0 Å². The summed E-state index contributed by atoms with van der Waals surface area (Å²) in [5, 5.41) is 2.37. The van der Waals surface area contributed by atoms with E-state index in [4.69, 9.17) is 10.5 Å². The second kappa shape index (κ2) is 6.42. The number of nitrogens with two attached hydrogens (primary N) is 1. The summed E-state index contributed by atoms with van der Waals surface area (Å²) in [6.45, 7) is 5.05. The molecule has 0 unspecified atom stereocenters. The number of rotatable bonds is 5. The van der Waals surface area contributed by atoms with Gasteiger partial charge in [0, 0.05) is 13.0 Å². The summed E-state index contributed by atoms with van der Waals surface area (Å²) >= 11 is 0. The molecule has 3 heteroatoms. The van der Waals surface area contributed by atoms with Gasteiger partial charge in [0.05, 0.1) is 12.9 Å². The Morgan fingerprint density at radius 2 is 2.05 bits per heavy atom. The zero-order valence-corrected chi connectivity index (χ0v) is 12.4. The summed E-state index contributed by atoms with van der Waals surface area (Å²) in [4.78, 5) is 4.43. The normalized spacial score (nSPS) is 12.1. The molecule has 0 heterocycles. The summed E-state index contributed by atoms with van der Waals surface area (Å²) < 4.78 is 5.30. The van der Waals surface area contributed by atoms with E-state index in [1.807, 2.05) is 6.07 Å². The molecule has 3 nitrogen and oxygen atoms in total. The van der Waals surface area contributed by atoms with E-state index in [1.165, 1.54) is 16.3 Å². The van der Waals surface area contributed by atoms with Gasteiger partial charge < -0.3 is 10.5 Å². The van der Waals surface area contributed by atoms with Crippen molar-refractivity contribution < 1.29 is 4.74 Å². The average Bonchev–Trinajstić information content (AvgIpc) is 2.45. The number of amidine groups is 1. The van der Waals surface area contributed by atoms with Crippen LogP contribution in [0.15, 0.2) is 41.4 Å². The molecule has 0 aliphatic heterocycles. The summed E-state index contributed by atoms with van der Waals surface area (Å²) in [6.07, 6.45) is 0.678. The number of ether oxygens (including phenoxy) is 1. The fourth-order valence-corrected chi connectivity index (χ4v) is 2.15. The van der Waals surface area contributed by atoms with Gasteiger partial charge in [0.25, 0.3) is 0 Å². The minimum Gasteiger partial charge on any atom is -0.497 e. The molecule has 0 spiro atoms. The number of hydrogen-bond donors (Lipinski definition) is 1. The molecule has 0 amide bonds. The van der Waals surface area contributed by atoms with Crippen LogP contribution in [0.4, 0.5) is 0 Å². The molecule has 20 heavy (non-hydrogen) atoms. The van der Waals surface area contributed by atoms with Crippen molar-refractivity contribution in [3.05, 3.63) is 42.0 Å². The summed E-state index contributed by atoms with van der Waals surface area (Å²) in [6, 6.07) is 12.3. The van der Waals surface area contributed by atoms with Crippen LogP contribution in [0.5, 0.6) is 5.75 Å². The Bertz CT molecular complexity index is 617. The highest BCUT2D eigenvalue weighted by atomic mass is 16.5. The molecule has 2 aromatic rings. The lowest BCUT2D eigenvalue weighted by Crippen LogP contribution is -2.16. The van der Waals surface area contributed by atoms with Gasteiger partial charge in [0.15, 0.2) is 0 Å². The van der Waals surface area contributed by atoms with E-state index in [0.717, 1.165) is 12.3 Å². The van der Waals surface area contributed by atoms with Crippen molar-refractivity contribution in [3.8, 4) is 5.75 Å².